The monoisotopic (exact) mass is 251 g/mol. The second kappa shape index (κ2) is 5.04. The predicted octanol–water partition coefficient (Wildman–Crippen LogP) is 2.88. The van der Waals surface area contributed by atoms with Gasteiger partial charge in [-0.3, -0.25) is 4.98 Å². The maximum Gasteiger partial charge on any atom is 0.219 e. The van der Waals surface area contributed by atoms with Crippen molar-refractivity contribution < 1.29 is 4.74 Å². The van der Waals surface area contributed by atoms with Crippen LogP contribution in [0.2, 0.25) is 0 Å². The molecule has 0 bridgehead atoms. The third kappa shape index (κ3) is 2.53. The predicted molar refractivity (Wildman–Crippen MR) is 73.9 cm³/mol. The van der Waals surface area contributed by atoms with Crippen molar-refractivity contribution in [2.75, 3.05) is 0 Å². The number of pyridine rings is 2. The molecular weight excluding hydrogens is 238 g/mol. The van der Waals surface area contributed by atoms with E-state index in [0.717, 1.165) is 16.5 Å². The molecule has 19 heavy (non-hydrogen) atoms. The second-order valence-electron chi connectivity index (χ2n) is 4.17. The lowest BCUT2D eigenvalue weighted by atomic mass is 10.2. The molecule has 0 saturated carbocycles. The number of ether oxygens (including phenoxy) is 1. The fourth-order valence-corrected chi connectivity index (χ4v) is 1.86. The Labute approximate surface area is 110 Å². The highest BCUT2D eigenvalue weighted by atomic mass is 16.5. The van der Waals surface area contributed by atoms with Gasteiger partial charge in [0.2, 0.25) is 5.88 Å². The fraction of sp³-hybridized carbons (Fsp3) is 0.0667. The van der Waals surface area contributed by atoms with Crippen LogP contribution in [0.4, 0.5) is 0 Å². The first kappa shape index (κ1) is 11.6. The van der Waals surface area contributed by atoms with Gasteiger partial charge in [0.1, 0.15) is 5.75 Å². The van der Waals surface area contributed by atoms with Crippen LogP contribution in [0.1, 0.15) is 5.56 Å². The van der Waals surface area contributed by atoms with Gasteiger partial charge in [0.25, 0.3) is 0 Å². The van der Waals surface area contributed by atoms with E-state index in [9.17, 15) is 0 Å². The molecule has 4 nitrogen and oxygen atoms in total. The number of fused-ring (bicyclic) bond motifs is 1. The summed E-state index contributed by atoms with van der Waals surface area (Å²) in [4.78, 5) is 8.46. The van der Waals surface area contributed by atoms with Gasteiger partial charge in [0.15, 0.2) is 0 Å². The number of hydrogen-bond acceptors (Lipinski definition) is 4. The SMILES string of the molecule is NCc1ccnc(Oc2ccc3cccnc3c2)c1. The molecule has 4 heteroatoms. The topological polar surface area (TPSA) is 61.0 Å². The van der Waals surface area contributed by atoms with Crippen molar-refractivity contribution in [3.63, 3.8) is 0 Å². The van der Waals surface area contributed by atoms with E-state index in [0.29, 0.717) is 18.2 Å². The minimum atomic E-state index is 0.470. The highest BCUT2D eigenvalue weighted by molar-refractivity contribution is 5.79. The zero-order chi connectivity index (χ0) is 13.1. The lowest BCUT2D eigenvalue weighted by molar-refractivity contribution is 0.463. The minimum Gasteiger partial charge on any atom is -0.439 e. The van der Waals surface area contributed by atoms with Crippen molar-refractivity contribution in [2.45, 2.75) is 6.54 Å². The zero-order valence-corrected chi connectivity index (χ0v) is 10.3. The van der Waals surface area contributed by atoms with Crippen LogP contribution < -0.4 is 10.5 Å². The van der Waals surface area contributed by atoms with Gasteiger partial charge in [-0.15, -0.1) is 0 Å². The first-order chi connectivity index (χ1) is 9.35. The van der Waals surface area contributed by atoms with E-state index < -0.39 is 0 Å². The number of aromatic nitrogens is 2. The molecule has 2 heterocycles. The van der Waals surface area contributed by atoms with Crippen LogP contribution in [0, 0.1) is 0 Å². The summed E-state index contributed by atoms with van der Waals surface area (Å²) in [6.07, 6.45) is 3.45. The molecule has 3 aromatic rings. The molecule has 0 aliphatic heterocycles. The lowest BCUT2D eigenvalue weighted by Crippen LogP contribution is -1.97. The van der Waals surface area contributed by atoms with E-state index in [1.54, 1.807) is 12.4 Å². The average molecular weight is 251 g/mol. The Hall–Kier alpha value is -2.46. The van der Waals surface area contributed by atoms with Crippen molar-refractivity contribution in [2.24, 2.45) is 5.73 Å². The van der Waals surface area contributed by atoms with E-state index in [4.69, 9.17) is 10.5 Å². The first-order valence-corrected chi connectivity index (χ1v) is 6.03. The van der Waals surface area contributed by atoms with Gasteiger partial charge in [-0.25, -0.2) is 4.98 Å². The molecule has 0 unspecified atom stereocenters. The Morgan fingerprint density at radius 3 is 2.84 bits per heavy atom. The number of nitrogens with zero attached hydrogens (tertiary/aromatic N) is 2. The van der Waals surface area contributed by atoms with Crippen molar-refractivity contribution in [3.05, 3.63) is 60.4 Å². The Balaban J connectivity index is 1.92. The molecule has 1 aromatic carbocycles. The number of hydrogen-bond donors (Lipinski definition) is 1. The Kier molecular flexibility index (Phi) is 3.08. The van der Waals surface area contributed by atoms with Gasteiger partial charge in [-0.2, -0.15) is 0 Å². The van der Waals surface area contributed by atoms with Crippen LogP contribution in [0.5, 0.6) is 11.6 Å². The highest BCUT2D eigenvalue weighted by Crippen LogP contribution is 2.23. The average Bonchev–Trinajstić information content (AvgIpc) is 2.47. The van der Waals surface area contributed by atoms with Gasteiger partial charge in [-0.1, -0.05) is 6.07 Å². The molecule has 0 spiro atoms. The third-order valence-corrected chi connectivity index (χ3v) is 2.83. The van der Waals surface area contributed by atoms with Gasteiger partial charge in [-0.05, 0) is 29.8 Å². The molecule has 0 amide bonds. The molecule has 0 aliphatic carbocycles. The summed E-state index contributed by atoms with van der Waals surface area (Å²) in [5, 5.41) is 1.08. The molecule has 0 aliphatic rings. The summed E-state index contributed by atoms with van der Waals surface area (Å²) in [6, 6.07) is 13.4. The van der Waals surface area contributed by atoms with Crippen molar-refractivity contribution >= 4 is 10.9 Å². The maximum atomic E-state index is 5.72. The van der Waals surface area contributed by atoms with Crippen molar-refractivity contribution in [1.29, 1.82) is 0 Å². The fourth-order valence-electron chi connectivity index (χ4n) is 1.86. The van der Waals surface area contributed by atoms with Crippen LogP contribution >= 0.6 is 0 Å². The highest BCUT2D eigenvalue weighted by Gasteiger charge is 2.01. The van der Waals surface area contributed by atoms with Gasteiger partial charge < -0.3 is 10.5 Å². The molecule has 3 rings (SSSR count). The lowest BCUT2D eigenvalue weighted by Gasteiger charge is -2.06. The van der Waals surface area contributed by atoms with E-state index in [1.807, 2.05) is 42.5 Å². The van der Waals surface area contributed by atoms with E-state index >= 15 is 0 Å². The van der Waals surface area contributed by atoms with Crippen LogP contribution in [0.25, 0.3) is 10.9 Å². The maximum absolute atomic E-state index is 5.72. The standard InChI is InChI=1S/C15H13N3O/c16-10-11-5-7-18-15(8-11)19-13-4-3-12-2-1-6-17-14(12)9-13/h1-9H,10,16H2. The second-order valence-corrected chi connectivity index (χ2v) is 4.17. The molecule has 0 radical (unpaired) electrons. The van der Waals surface area contributed by atoms with E-state index in [1.165, 1.54) is 0 Å². The van der Waals surface area contributed by atoms with Gasteiger partial charge in [0, 0.05) is 36.5 Å². The van der Waals surface area contributed by atoms with Crippen molar-refractivity contribution in [3.8, 4) is 11.6 Å². The number of rotatable bonds is 3. The Bertz CT molecular complexity index is 712. The summed E-state index contributed by atoms with van der Waals surface area (Å²) in [5.74, 6) is 1.26. The zero-order valence-electron chi connectivity index (χ0n) is 10.3. The van der Waals surface area contributed by atoms with Gasteiger partial charge in [0.05, 0.1) is 5.52 Å². The van der Waals surface area contributed by atoms with Crippen LogP contribution in [-0.4, -0.2) is 9.97 Å². The normalized spacial score (nSPS) is 10.6. The molecule has 0 fully saturated rings. The number of nitrogens with two attached hydrogens (primary N) is 1. The summed E-state index contributed by atoms with van der Waals surface area (Å²) in [5.41, 5.74) is 7.48. The quantitative estimate of drug-likeness (QED) is 0.777. The Morgan fingerprint density at radius 2 is 1.95 bits per heavy atom. The molecule has 2 aromatic heterocycles. The Morgan fingerprint density at radius 1 is 1.00 bits per heavy atom. The third-order valence-electron chi connectivity index (χ3n) is 2.83. The van der Waals surface area contributed by atoms with E-state index in [2.05, 4.69) is 9.97 Å². The van der Waals surface area contributed by atoms with E-state index in [-0.39, 0.29) is 0 Å². The minimum absolute atomic E-state index is 0.470. The molecule has 0 saturated heterocycles. The summed E-state index contributed by atoms with van der Waals surface area (Å²) < 4.78 is 5.72. The summed E-state index contributed by atoms with van der Waals surface area (Å²) >= 11 is 0. The van der Waals surface area contributed by atoms with Crippen LogP contribution in [0.3, 0.4) is 0 Å². The first-order valence-electron chi connectivity index (χ1n) is 6.03. The summed E-state index contributed by atoms with van der Waals surface area (Å²) in [6.45, 7) is 0.470. The van der Waals surface area contributed by atoms with Crippen LogP contribution in [0.15, 0.2) is 54.9 Å². The largest absolute Gasteiger partial charge is 0.439 e. The molecule has 2 N–H and O–H groups in total. The van der Waals surface area contributed by atoms with Gasteiger partial charge >= 0.3 is 0 Å². The molecule has 0 atom stereocenters. The molecular formula is C15H13N3O. The summed E-state index contributed by atoms with van der Waals surface area (Å²) in [7, 11) is 0. The smallest absolute Gasteiger partial charge is 0.219 e. The van der Waals surface area contributed by atoms with Crippen molar-refractivity contribution in [1.82, 2.24) is 9.97 Å². The number of benzene rings is 1. The molecule has 94 valence electrons. The van der Waals surface area contributed by atoms with Crippen LogP contribution in [-0.2, 0) is 6.54 Å².